The van der Waals surface area contributed by atoms with E-state index in [4.69, 9.17) is 0 Å². The number of hydrogen-bond donors (Lipinski definition) is 1. The quantitative estimate of drug-likeness (QED) is 0.770. The molecule has 1 N–H and O–H groups in total. The highest BCUT2D eigenvalue weighted by atomic mass is 19.4. The van der Waals surface area contributed by atoms with E-state index in [0.29, 0.717) is 5.56 Å². The van der Waals surface area contributed by atoms with Crippen LogP contribution in [0.5, 0.6) is 5.75 Å². The molecule has 0 radical (unpaired) electrons. The molecule has 0 bridgehead atoms. The smallest absolute Gasteiger partial charge is 0.406 e. The molecule has 0 aliphatic carbocycles. The predicted octanol–water partition coefficient (Wildman–Crippen LogP) is 2.03. The van der Waals surface area contributed by atoms with Gasteiger partial charge in [0.25, 0.3) is 11.7 Å². The second-order valence-electron chi connectivity index (χ2n) is 3.49. The average molecular weight is 245 g/mol. The molecular formula is C10H6F3NO3. The van der Waals surface area contributed by atoms with Crippen molar-refractivity contribution in [1.82, 2.24) is 0 Å². The molecule has 0 saturated heterocycles. The van der Waals surface area contributed by atoms with E-state index in [2.05, 4.69) is 10.1 Å². The Morgan fingerprint density at radius 2 is 1.88 bits per heavy atom. The van der Waals surface area contributed by atoms with Crippen molar-refractivity contribution < 1.29 is 27.5 Å². The van der Waals surface area contributed by atoms with Gasteiger partial charge in [0.2, 0.25) is 0 Å². The minimum absolute atomic E-state index is 0.103. The highest BCUT2D eigenvalue weighted by molar-refractivity contribution is 6.51. The van der Waals surface area contributed by atoms with Crippen molar-refractivity contribution in [3.05, 3.63) is 23.3 Å². The number of Topliss-reactive ketones (excluding diaryl/α,β-unsaturated/α-hetero) is 1. The Labute approximate surface area is 93.4 Å². The van der Waals surface area contributed by atoms with Crippen LogP contribution in [0.25, 0.3) is 0 Å². The Bertz CT molecular complexity index is 522. The molecule has 7 heteroatoms. The maximum atomic E-state index is 12.0. The van der Waals surface area contributed by atoms with Crippen LogP contribution in [-0.4, -0.2) is 18.1 Å². The molecular weight excluding hydrogens is 239 g/mol. The molecule has 0 aromatic heterocycles. The minimum Gasteiger partial charge on any atom is -0.406 e. The topological polar surface area (TPSA) is 55.4 Å². The molecule has 4 nitrogen and oxygen atoms in total. The van der Waals surface area contributed by atoms with Crippen LogP contribution in [0.2, 0.25) is 0 Å². The zero-order chi connectivity index (χ0) is 12.8. The van der Waals surface area contributed by atoms with E-state index >= 15 is 0 Å². The van der Waals surface area contributed by atoms with Gasteiger partial charge in [0.15, 0.2) is 0 Å². The molecule has 2 rings (SSSR count). The Kier molecular flexibility index (Phi) is 2.34. The first-order valence-electron chi connectivity index (χ1n) is 4.54. The van der Waals surface area contributed by atoms with Gasteiger partial charge in [-0.2, -0.15) is 0 Å². The SMILES string of the molecule is Cc1cc(OC(F)(F)F)cc2c1NC(=O)C2=O. The largest absolute Gasteiger partial charge is 0.573 e. The Morgan fingerprint density at radius 3 is 2.47 bits per heavy atom. The number of carbonyl (C=O) groups is 2. The van der Waals surface area contributed by atoms with Crippen molar-refractivity contribution in [3.8, 4) is 5.75 Å². The number of halogens is 3. The Balaban J connectivity index is 2.45. The van der Waals surface area contributed by atoms with Crippen LogP contribution in [0, 0.1) is 6.92 Å². The van der Waals surface area contributed by atoms with Crippen LogP contribution in [0.3, 0.4) is 0 Å². The molecule has 0 unspecified atom stereocenters. The van der Waals surface area contributed by atoms with Gasteiger partial charge >= 0.3 is 6.36 Å². The monoisotopic (exact) mass is 245 g/mol. The lowest BCUT2D eigenvalue weighted by Gasteiger charge is -2.11. The fourth-order valence-electron chi connectivity index (χ4n) is 1.58. The van der Waals surface area contributed by atoms with Crippen LogP contribution in [0.1, 0.15) is 15.9 Å². The Morgan fingerprint density at radius 1 is 1.24 bits per heavy atom. The minimum atomic E-state index is -4.83. The number of aryl methyl sites for hydroxylation is 1. The molecule has 17 heavy (non-hydrogen) atoms. The number of amides is 1. The lowest BCUT2D eigenvalue weighted by atomic mass is 10.1. The summed E-state index contributed by atoms with van der Waals surface area (Å²) in [5, 5.41) is 2.28. The van der Waals surface area contributed by atoms with Crippen molar-refractivity contribution in [2.24, 2.45) is 0 Å². The first-order valence-corrected chi connectivity index (χ1v) is 4.54. The van der Waals surface area contributed by atoms with E-state index in [-0.39, 0.29) is 11.3 Å². The van der Waals surface area contributed by atoms with Gasteiger partial charge in [-0.3, -0.25) is 9.59 Å². The summed E-state index contributed by atoms with van der Waals surface area (Å²) in [7, 11) is 0. The average Bonchev–Trinajstić information content (AvgIpc) is 2.43. The maximum Gasteiger partial charge on any atom is 0.573 e. The second-order valence-corrected chi connectivity index (χ2v) is 3.49. The van der Waals surface area contributed by atoms with Gasteiger partial charge in [-0.25, -0.2) is 0 Å². The van der Waals surface area contributed by atoms with Crippen LogP contribution < -0.4 is 10.1 Å². The van der Waals surface area contributed by atoms with Crippen molar-refractivity contribution >= 4 is 17.4 Å². The van der Waals surface area contributed by atoms with E-state index in [9.17, 15) is 22.8 Å². The normalized spacial score (nSPS) is 14.6. The van der Waals surface area contributed by atoms with Crippen LogP contribution in [0.4, 0.5) is 18.9 Å². The summed E-state index contributed by atoms with van der Waals surface area (Å²) in [5.41, 5.74) is 0.463. The van der Waals surface area contributed by atoms with E-state index in [1.54, 1.807) is 0 Å². The van der Waals surface area contributed by atoms with E-state index in [1.165, 1.54) is 6.92 Å². The lowest BCUT2D eigenvalue weighted by molar-refractivity contribution is -0.274. The maximum absolute atomic E-state index is 12.0. The van der Waals surface area contributed by atoms with E-state index in [0.717, 1.165) is 12.1 Å². The second kappa shape index (κ2) is 3.47. The first-order chi connectivity index (χ1) is 7.78. The molecule has 1 aliphatic heterocycles. The highest BCUT2D eigenvalue weighted by Crippen LogP contribution is 2.33. The molecule has 0 atom stereocenters. The molecule has 1 aromatic carbocycles. The van der Waals surface area contributed by atoms with Gasteiger partial charge in [0, 0.05) is 0 Å². The summed E-state index contributed by atoms with van der Waals surface area (Å²) < 4.78 is 39.7. The summed E-state index contributed by atoms with van der Waals surface area (Å²) in [6.07, 6.45) is -4.83. The van der Waals surface area contributed by atoms with Crippen molar-refractivity contribution in [1.29, 1.82) is 0 Å². The van der Waals surface area contributed by atoms with Gasteiger partial charge in [0.1, 0.15) is 5.75 Å². The van der Waals surface area contributed by atoms with Crippen LogP contribution >= 0.6 is 0 Å². The fraction of sp³-hybridized carbons (Fsp3) is 0.200. The summed E-state index contributed by atoms with van der Waals surface area (Å²) in [6, 6.07) is 2.00. The number of ether oxygens (including phenoxy) is 1. The van der Waals surface area contributed by atoms with Crippen LogP contribution in [0.15, 0.2) is 12.1 Å². The molecule has 1 aliphatic rings. The molecule has 1 amide bonds. The van der Waals surface area contributed by atoms with E-state index in [1.807, 2.05) is 0 Å². The van der Waals surface area contributed by atoms with Crippen molar-refractivity contribution in [2.75, 3.05) is 5.32 Å². The number of anilines is 1. The molecule has 1 heterocycles. The van der Waals surface area contributed by atoms with Gasteiger partial charge < -0.3 is 10.1 Å². The molecule has 1 aromatic rings. The number of carbonyl (C=O) groups excluding carboxylic acids is 2. The summed E-state index contributed by atoms with van der Waals surface area (Å²) >= 11 is 0. The zero-order valence-corrected chi connectivity index (χ0v) is 8.51. The van der Waals surface area contributed by atoms with Gasteiger partial charge in [-0.05, 0) is 24.6 Å². The molecule has 0 fully saturated rings. The number of benzene rings is 1. The molecule has 0 spiro atoms. The van der Waals surface area contributed by atoms with Gasteiger partial charge in [-0.15, -0.1) is 13.2 Å². The van der Waals surface area contributed by atoms with Crippen LogP contribution in [-0.2, 0) is 4.79 Å². The first kappa shape index (κ1) is 11.4. The number of hydrogen-bond acceptors (Lipinski definition) is 3. The number of alkyl halides is 3. The highest BCUT2D eigenvalue weighted by Gasteiger charge is 2.34. The summed E-state index contributed by atoms with van der Waals surface area (Å²) in [6.45, 7) is 1.47. The third-order valence-electron chi connectivity index (χ3n) is 2.23. The zero-order valence-electron chi connectivity index (χ0n) is 8.51. The summed E-state index contributed by atoms with van der Waals surface area (Å²) in [5.74, 6) is -2.23. The standard InChI is InChI=1S/C10H6F3NO3/c1-4-2-5(17-10(11,12)13)3-6-7(4)14-9(16)8(6)15/h2-3H,1H3,(H,14,15,16). The predicted molar refractivity (Wildman–Crippen MR) is 50.8 cm³/mol. The third-order valence-corrected chi connectivity index (χ3v) is 2.23. The Hall–Kier alpha value is -2.05. The third kappa shape index (κ3) is 2.08. The lowest BCUT2D eigenvalue weighted by Crippen LogP contribution is -2.17. The van der Waals surface area contributed by atoms with Crippen molar-refractivity contribution in [2.45, 2.75) is 13.3 Å². The number of rotatable bonds is 1. The number of ketones is 1. The van der Waals surface area contributed by atoms with Crippen molar-refractivity contribution in [3.63, 3.8) is 0 Å². The molecule has 90 valence electrons. The van der Waals surface area contributed by atoms with E-state index < -0.39 is 23.8 Å². The van der Waals surface area contributed by atoms with Gasteiger partial charge in [-0.1, -0.05) is 0 Å². The molecule has 0 saturated carbocycles. The number of nitrogens with one attached hydrogen (secondary N) is 1. The van der Waals surface area contributed by atoms with Gasteiger partial charge in [0.05, 0.1) is 11.3 Å². The summed E-state index contributed by atoms with van der Waals surface area (Å²) in [4.78, 5) is 22.4. The number of fused-ring (bicyclic) bond motifs is 1. The fourth-order valence-corrected chi connectivity index (χ4v) is 1.58.